The molecule has 1 saturated carbocycles. The Bertz CT molecular complexity index is 1440. The van der Waals surface area contributed by atoms with Crippen LogP contribution in [-0.4, -0.2) is 26.3 Å². The first kappa shape index (κ1) is 20.6. The highest BCUT2D eigenvalue weighted by Crippen LogP contribution is 2.56. The lowest BCUT2D eigenvalue weighted by Crippen LogP contribution is -2.13. The summed E-state index contributed by atoms with van der Waals surface area (Å²) in [5.41, 5.74) is 5.58. The number of aryl methyl sites for hydroxylation is 2. The first-order valence-corrected chi connectivity index (χ1v) is 11.6. The van der Waals surface area contributed by atoms with Crippen LogP contribution in [0.15, 0.2) is 65.0 Å². The van der Waals surface area contributed by atoms with Gasteiger partial charge in [0.1, 0.15) is 11.6 Å². The Hall–Kier alpha value is -4.00. The molecule has 6 rings (SSSR count). The van der Waals surface area contributed by atoms with Crippen molar-refractivity contribution in [3.8, 4) is 11.1 Å². The van der Waals surface area contributed by atoms with Crippen molar-refractivity contribution in [2.75, 3.05) is 0 Å². The highest BCUT2D eigenvalue weighted by Gasteiger charge is 2.58. The summed E-state index contributed by atoms with van der Waals surface area (Å²) < 4.78 is 11.8. The molecule has 0 spiro atoms. The summed E-state index contributed by atoms with van der Waals surface area (Å²) in [6.07, 6.45) is 12.0. The molecule has 0 bridgehead atoms. The first-order valence-electron chi connectivity index (χ1n) is 11.6. The number of pyridine rings is 1. The molecule has 7 nitrogen and oxygen atoms in total. The molecule has 1 unspecified atom stereocenters. The quantitative estimate of drug-likeness (QED) is 0.282. The number of aromatic amines is 1. The van der Waals surface area contributed by atoms with Gasteiger partial charge in [-0.15, -0.1) is 0 Å². The number of nitrogens with one attached hydrogen (secondary N) is 2. The zero-order valence-corrected chi connectivity index (χ0v) is 19.1. The fraction of sp³-hybridized carbons (Fsp3) is 0.259. The highest BCUT2D eigenvalue weighted by molar-refractivity contribution is 5.88. The van der Waals surface area contributed by atoms with Gasteiger partial charge in [-0.25, -0.2) is 4.98 Å². The van der Waals surface area contributed by atoms with Crippen molar-refractivity contribution in [3.05, 3.63) is 89.1 Å². The molecule has 3 aromatic heterocycles. The average molecular weight is 452 g/mol. The van der Waals surface area contributed by atoms with Gasteiger partial charge < -0.3 is 19.7 Å². The monoisotopic (exact) mass is 451 g/mol. The first-order chi connectivity index (χ1) is 16.6. The zero-order valence-electron chi connectivity index (χ0n) is 19.1. The minimum Gasteiger partial charge on any atom is -0.467 e. The molecular weight excluding hydrogens is 426 g/mol. The van der Waals surface area contributed by atoms with Gasteiger partial charge in [-0.1, -0.05) is 23.7 Å². The average Bonchev–Trinajstić information content (AvgIpc) is 3.22. The second-order valence-electron chi connectivity index (χ2n) is 8.95. The molecule has 2 aliphatic rings. The standard InChI is InChI=1S/C27H25N5O2/c1-16-24(17(2)34-32-16)19-14-20(25-21(15-19)30-26(31-25)18-8-7-9-18)27(22-10-4-6-13-29-22)23(33-27)11-3-5-12-28/h3-6,10-15,18,28H,7-9H2,1-2H3,(H,30,31). The van der Waals surface area contributed by atoms with E-state index in [0.29, 0.717) is 5.92 Å². The molecule has 2 fully saturated rings. The predicted molar refractivity (Wildman–Crippen MR) is 130 cm³/mol. The van der Waals surface area contributed by atoms with Gasteiger partial charge in [-0.3, -0.25) is 4.98 Å². The van der Waals surface area contributed by atoms with Gasteiger partial charge in [0.15, 0.2) is 5.76 Å². The van der Waals surface area contributed by atoms with Gasteiger partial charge in [0.05, 0.1) is 22.4 Å². The predicted octanol–water partition coefficient (Wildman–Crippen LogP) is 5.86. The molecule has 0 radical (unpaired) electrons. The maximum absolute atomic E-state index is 7.29. The smallest absolute Gasteiger partial charge is 0.234 e. The maximum atomic E-state index is 7.29. The third kappa shape index (κ3) is 3.11. The SMILES string of the molecule is Cc1noc(C)c1-c1cc(C2(c3ccccn3)OC2=CC=CC=N)c2nc(C3CCC3)[nH]c2c1. The fourth-order valence-electron chi connectivity index (χ4n) is 4.88. The van der Waals surface area contributed by atoms with Gasteiger partial charge >= 0.3 is 0 Å². The summed E-state index contributed by atoms with van der Waals surface area (Å²) in [4.78, 5) is 13.3. The van der Waals surface area contributed by atoms with E-state index >= 15 is 0 Å². The Kier molecular flexibility index (Phi) is 4.72. The van der Waals surface area contributed by atoms with E-state index in [1.165, 1.54) is 12.6 Å². The van der Waals surface area contributed by atoms with Crippen LogP contribution in [0.3, 0.4) is 0 Å². The van der Waals surface area contributed by atoms with Gasteiger partial charge in [0.25, 0.3) is 0 Å². The molecule has 34 heavy (non-hydrogen) atoms. The second kappa shape index (κ2) is 7.80. The number of fused-ring (bicyclic) bond motifs is 1. The molecule has 2 N–H and O–H groups in total. The van der Waals surface area contributed by atoms with Gasteiger partial charge in [0.2, 0.25) is 5.60 Å². The second-order valence-corrected chi connectivity index (χ2v) is 8.95. The molecule has 170 valence electrons. The largest absolute Gasteiger partial charge is 0.467 e. The molecule has 1 aliphatic heterocycles. The summed E-state index contributed by atoms with van der Waals surface area (Å²) in [5, 5.41) is 11.5. The Labute approximate surface area is 197 Å². The lowest BCUT2D eigenvalue weighted by molar-refractivity contribution is 0.355. The number of hydrogen-bond acceptors (Lipinski definition) is 6. The van der Waals surface area contributed by atoms with Crippen molar-refractivity contribution in [2.24, 2.45) is 0 Å². The van der Waals surface area contributed by atoms with E-state index < -0.39 is 5.60 Å². The molecule has 4 aromatic rings. The molecule has 1 atom stereocenters. The fourth-order valence-corrected chi connectivity index (χ4v) is 4.88. The Morgan fingerprint density at radius 2 is 2.06 bits per heavy atom. The van der Waals surface area contributed by atoms with Crippen molar-refractivity contribution < 1.29 is 9.26 Å². The third-order valence-corrected chi connectivity index (χ3v) is 6.85. The highest BCUT2D eigenvalue weighted by atomic mass is 16.6. The van der Waals surface area contributed by atoms with Crippen molar-refractivity contribution in [1.29, 1.82) is 5.41 Å². The number of imidazole rings is 1. The van der Waals surface area contributed by atoms with Gasteiger partial charge in [-0.05, 0) is 68.7 Å². The third-order valence-electron chi connectivity index (χ3n) is 6.85. The summed E-state index contributed by atoms with van der Waals surface area (Å²) in [7, 11) is 0. The number of epoxide rings is 1. The number of rotatable bonds is 6. The number of aromatic nitrogens is 4. The van der Waals surface area contributed by atoms with Crippen LogP contribution < -0.4 is 0 Å². The topological polar surface area (TPSA) is 104 Å². The van der Waals surface area contributed by atoms with E-state index in [1.807, 2.05) is 44.2 Å². The van der Waals surface area contributed by atoms with Crippen molar-refractivity contribution in [1.82, 2.24) is 20.1 Å². The molecule has 0 amide bonds. The maximum Gasteiger partial charge on any atom is 0.234 e. The van der Waals surface area contributed by atoms with E-state index in [1.54, 1.807) is 12.3 Å². The molecule has 1 aromatic carbocycles. The molecule has 1 saturated heterocycles. The van der Waals surface area contributed by atoms with Gasteiger partial charge in [-0.2, -0.15) is 0 Å². The van der Waals surface area contributed by atoms with E-state index in [4.69, 9.17) is 19.7 Å². The summed E-state index contributed by atoms with van der Waals surface area (Å²) in [6, 6.07) is 10.1. The van der Waals surface area contributed by atoms with E-state index in [2.05, 4.69) is 27.3 Å². The number of hydrogen-bond donors (Lipinski definition) is 2. The minimum atomic E-state index is -0.840. The van der Waals surface area contributed by atoms with Crippen molar-refractivity contribution in [2.45, 2.75) is 44.6 Å². The summed E-state index contributed by atoms with van der Waals surface area (Å²) >= 11 is 0. The Morgan fingerprint density at radius 3 is 2.74 bits per heavy atom. The molecule has 4 heterocycles. The number of benzene rings is 1. The lowest BCUT2D eigenvalue weighted by Gasteiger charge is -2.22. The van der Waals surface area contributed by atoms with Crippen molar-refractivity contribution in [3.63, 3.8) is 0 Å². The van der Waals surface area contributed by atoms with E-state index in [-0.39, 0.29) is 0 Å². The number of allylic oxidation sites excluding steroid dienone is 3. The van der Waals surface area contributed by atoms with Crippen LogP contribution in [-0.2, 0) is 10.3 Å². The van der Waals surface area contributed by atoms with Crippen LogP contribution in [0.1, 0.15) is 53.7 Å². The lowest BCUT2D eigenvalue weighted by atomic mass is 9.85. The van der Waals surface area contributed by atoms with Crippen LogP contribution in [0.25, 0.3) is 22.2 Å². The van der Waals surface area contributed by atoms with E-state index in [9.17, 15) is 0 Å². The van der Waals surface area contributed by atoms with Crippen LogP contribution in [0.5, 0.6) is 0 Å². The number of H-pyrrole nitrogens is 1. The molecule has 7 heteroatoms. The van der Waals surface area contributed by atoms with Gasteiger partial charge in [0, 0.05) is 29.5 Å². The Balaban J connectivity index is 1.62. The molecule has 1 aliphatic carbocycles. The minimum absolute atomic E-state index is 0.472. The van der Waals surface area contributed by atoms with Crippen LogP contribution in [0, 0.1) is 19.3 Å². The van der Waals surface area contributed by atoms with Crippen LogP contribution in [0.2, 0.25) is 0 Å². The number of ether oxygens (including phenoxy) is 1. The molecular formula is C27H25N5O2. The number of nitrogens with zero attached hydrogens (tertiary/aromatic N) is 3. The Morgan fingerprint density at radius 1 is 1.18 bits per heavy atom. The zero-order chi connectivity index (χ0) is 23.3. The van der Waals surface area contributed by atoms with Crippen LogP contribution >= 0.6 is 0 Å². The van der Waals surface area contributed by atoms with Crippen molar-refractivity contribution >= 4 is 17.2 Å². The normalized spacial score (nSPS) is 21.2. The summed E-state index contributed by atoms with van der Waals surface area (Å²) in [5.74, 6) is 3.05. The summed E-state index contributed by atoms with van der Waals surface area (Å²) in [6.45, 7) is 3.89. The van der Waals surface area contributed by atoms with Crippen LogP contribution in [0.4, 0.5) is 0 Å². The van der Waals surface area contributed by atoms with E-state index in [0.717, 1.165) is 69.3 Å².